The first kappa shape index (κ1) is 14.0. The number of fused-ring (bicyclic) bond motifs is 1. The van der Waals surface area contributed by atoms with E-state index in [1.807, 2.05) is 24.3 Å². The molecule has 0 saturated carbocycles. The fourth-order valence-electron chi connectivity index (χ4n) is 2.03. The molecule has 0 fully saturated rings. The van der Waals surface area contributed by atoms with E-state index < -0.39 is 24.0 Å². The second kappa shape index (κ2) is 5.71. The van der Waals surface area contributed by atoms with E-state index in [-0.39, 0.29) is 0 Å². The SMILES string of the molecule is CC(O)C(NC(=O)c1cccc2ccccc12)C(=O)O. The summed E-state index contributed by atoms with van der Waals surface area (Å²) < 4.78 is 0. The van der Waals surface area contributed by atoms with E-state index in [4.69, 9.17) is 5.11 Å². The van der Waals surface area contributed by atoms with E-state index in [1.54, 1.807) is 18.2 Å². The molecule has 2 rings (SSSR count). The molecule has 20 heavy (non-hydrogen) atoms. The van der Waals surface area contributed by atoms with Crippen LogP contribution < -0.4 is 5.32 Å². The topological polar surface area (TPSA) is 86.6 Å². The van der Waals surface area contributed by atoms with Gasteiger partial charge in [0.15, 0.2) is 6.04 Å². The van der Waals surface area contributed by atoms with Crippen LogP contribution in [-0.4, -0.2) is 34.2 Å². The molecule has 1 amide bonds. The predicted molar refractivity (Wildman–Crippen MR) is 74.5 cm³/mol. The van der Waals surface area contributed by atoms with Crippen LogP contribution in [0.15, 0.2) is 42.5 Å². The van der Waals surface area contributed by atoms with Crippen LogP contribution in [0.4, 0.5) is 0 Å². The molecule has 2 unspecified atom stereocenters. The number of aliphatic carboxylic acids is 1. The zero-order chi connectivity index (χ0) is 14.7. The third-order valence-electron chi connectivity index (χ3n) is 3.07. The van der Waals surface area contributed by atoms with Gasteiger partial charge >= 0.3 is 5.97 Å². The number of carboxylic acid groups (broad SMARTS) is 1. The Labute approximate surface area is 115 Å². The average Bonchev–Trinajstić information content (AvgIpc) is 2.43. The van der Waals surface area contributed by atoms with Crippen molar-refractivity contribution in [3.63, 3.8) is 0 Å². The molecule has 2 aromatic rings. The first-order valence-corrected chi connectivity index (χ1v) is 6.20. The molecule has 5 nitrogen and oxygen atoms in total. The van der Waals surface area contributed by atoms with Gasteiger partial charge in [-0.3, -0.25) is 4.79 Å². The van der Waals surface area contributed by atoms with Crippen molar-refractivity contribution < 1.29 is 19.8 Å². The van der Waals surface area contributed by atoms with Crippen molar-refractivity contribution in [3.05, 3.63) is 48.0 Å². The number of carbonyl (C=O) groups is 2. The van der Waals surface area contributed by atoms with Crippen LogP contribution in [-0.2, 0) is 4.79 Å². The Morgan fingerprint density at radius 1 is 1.10 bits per heavy atom. The maximum absolute atomic E-state index is 12.2. The van der Waals surface area contributed by atoms with Crippen LogP contribution in [0, 0.1) is 0 Å². The molecule has 5 heteroatoms. The number of aliphatic hydroxyl groups is 1. The molecule has 0 spiro atoms. The van der Waals surface area contributed by atoms with Crippen molar-refractivity contribution in [2.45, 2.75) is 19.1 Å². The van der Waals surface area contributed by atoms with Crippen LogP contribution in [0.3, 0.4) is 0 Å². The zero-order valence-electron chi connectivity index (χ0n) is 10.9. The molecule has 2 aromatic carbocycles. The molecule has 0 saturated heterocycles. The van der Waals surface area contributed by atoms with Gasteiger partial charge in [0.05, 0.1) is 6.10 Å². The average molecular weight is 273 g/mol. The first-order chi connectivity index (χ1) is 9.50. The first-order valence-electron chi connectivity index (χ1n) is 6.20. The number of rotatable bonds is 4. The van der Waals surface area contributed by atoms with Crippen molar-refractivity contribution in [2.24, 2.45) is 0 Å². The molecule has 3 N–H and O–H groups in total. The summed E-state index contributed by atoms with van der Waals surface area (Å²) in [5, 5.41) is 22.3. The summed E-state index contributed by atoms with van der Waals surface area (Å²) in [5.74, 6) is -1.79. The number of nitrogens with one attached hydrogen (secondary N) is 1. The van der Waals surface area contributed by atoms with Gasteiger partial charge in [-0.15, -0.1) is 0 Å². The van der Waals surface area contributed by atoms with Gasteiger partial charge in [-0.2, -0.15) is 0 Å². The Morgan fingerprint density at radius 2 is 1.75 bits per heavy atom. The van der Waals surface area contributed by atoms with Crippen LogP contribution >= 0.6 is 0 Å². The Morgan fingerprint density at radius 3 is 2.40 bits per heavy atom. The number of amides is 1. The zero-order valence-corrected chi connectivity index (χ0v) is 10.9. The lowest BCUT2D eigenvalue weighted by Crippen LogP contribution is -2.47. The Bertz CT molecular complexity index is 646. The van der Waals surface area contributed by atoms with Gasteiger partial charge in [0.1, 0.15) is 0 Å². The lowest BCUT2D eigenvalue weighted by Gasteiger charge is -2.17. The number of hydrogen-bond acceptors (Lipinski definition) is 3. The Kier molecular flexibility index (Phi) is 4.00. The highest BCUT2D eigenvalue weighted by Gasteiger charge is 2.25. The summed E-state index contributed by atoms with van der Waals surface area (Å²) >= 11 is 0. The molecule has 0 aromatic heterocycles. The summed E-state index contributed by atoms with van der Waals surface area (Å²) in [6.45, 7) is 1.32. The van der Waals surface area contributed by atoms with Gasteiger partial charge in [0.2, 0.25) is 0 Å². The predicted octanol–water partition coefficient (Wildman–Crippen LogP) is 1.40. The lowest BCUT2D eigenvalue weighted by molar-refractivity contribution is -0.141. The summed E-state index contributed by atoms with van der Waals surface area (Å²) in [6, 6.07) is 11.2. The second-order valence-electron chi connectivity index (χ2n) is 4.56. The number of carboxylic acids is 1. The molecule has 0 aliphatic heterocycles. The van der Waals surface area contributed by atoms with E-state index in [0.29, 0.717) is 5.56 Å². The smallest absolute Gasteiger partial charge is 0.328 e. The molecule has 0 aliphatic rings. The number of carbonyl (C=O) groups excluding carboxylic acids is 1. The fraction of sp³-hybridized carbons (Fsp3) is 0.200. The highest BCUT2D eigenvalue weighted by atomic mass is 16.4. The normalized spacial score (nSPS) is 13.7. The van der Waals surface area contributed by atoms with Gasteiger partial charge in [0, 0.05) is 5.56 Å². The van der Waals surface area contributed by atoms with Crippen molar-refractivity contribution in [1.82, 2.24) is 5.32 Å². The maximum Gasteiger partial charge on any atom is 0.328 e. The van der Waals surface area contributed by atoms with Gasteiger partial charge in [-0.25, -0.2) is 4.79 Å². The van der Waals surface area contributed by atoms with E-state index >= 15 is 0 Å². The van der Waals surface area contributed by atoms with Gasteiger partial charge < -0.3 is 15.5 Å². The maximum atomic E-state index is 12.2. The standard InChI is InChI=1S/C15H15NO4/c1-9(17)13(15(19)20)16-14(18)12-8-4-6-10-5-2-3-7-11(10)12/h2-9,13,17H,1H3,(H,16,18)(H,19,20). The molecule has 0 radical (unpaired) electrons. The quantitative estimate of drug-likeness (QED) is 0.786. The van der Waals surface area contributed by atoms with Crippen LogP contribution in [0.25, 0.3) is 10.8 Å². The third kappa shape index (κ3) is 2.78. The lowest BCUT2D eigenvalue weighted by atomic mass is 10.0. The Balaban J connectivity index is 2.34. The second-order valence-corrected chi connectivity index (χ2v) is 4.56. The minimum absolute atomic E-state index is 0.384. The summed E-state index contributed by atoms with van der Waals surface area (Å²) in [4.78, 5) is 23.2. The molecular formula is C15H15NO4. The summed E-state index contributed by atoms with van der Waals surface area (Å²) in [6.07, 6.45) is -1.17. The van der Waals surface area contributed by atoms with Crippen molar-refractivity contribution in [1.29, 1.82) is 0 Å². The van der Waals surface area contributed by atoms with Crippen LogP contribution in [0.2, 0.25) is 0 Å². The van der Waals surface area contributed by atoms with E-state index in [2.05, 4.69) is 5.32 Å². The number of hydrogen-bond donors (Lipinski definition) is 3. The molecule has 104 valence electrons. The van der Waals surface area contributed by atoms with Gasteiger partial charge in [-0.1, -0.05) is 36.4 Å². The largest absolute Gasteiger partial charge is 0.480 e. The highest BCUT2D eigenvalue weighted by molar-refractivity contribution is 6.07. The molecule has 0 bridgehead atoms. The monoisotopic (exact) mass is 273 g/mol. The van der Waals surface area contributed by atoms with Crippen LogP contribution in [0.5, 0.6) is 0 Å². The molecule has 0 heterocycles. The van der Waals surface area contributed by atoms with Gasteiger partial charge in [0.25, 0.3) is 5.91 Å². The third-order valence-corrected chi connectivity index (χ3v) is 3.07. The minimum atomic E-state index is -1.33. The number of benzene rings is 2. The van der Waals surface area contributed by atoms with Crippen molar-refractivity contribution in [3.8, 4) is 0 Å². The van der Waals surface area contributed by atoms with E-state index in [1.165, 1.54) is 6.92 Å². The van der Waals surface area contributed by atoms with E-state index in [9.17, 15) is 14.7 Å². The molecule has 2 atom stereocenters. The van der Waals surface area contributed by atoms with Crippen molar-refractivity contribution >= 4 is 22.6 Å². The highest BCUT2D eigenvalue weighted by Crippen LogP contribution is 2.18. The van der Waals surface area contributed by atoms with Crippen molar-refractivity contribution in [2.75, 3.05) is 0 Å². The van der Waals surface area contributed by atoms with Crippen LogP contribution in [0.1, 0.15) is 17.3 Å². The summed E-state index contributed by atoms with van der Waals surface area (Å²) in [5.41, 5.74) is 0.384. The summed E-state index contributed by atoms with van der Waals surface area (Å²) in [7, 11) is 0. The molecule has 0 aliphatic carbocycles. The van der Waals surface area contributed by atoms with E-state index in [0.717, 1.165) is 10.8 Å². The minimum Gasteiger partial charge on any atom is -0.480 e. The fourth-order valence-corrected chi connectivity index (χ4v) is 2.03. The Hall–Kier alpha value is -2.40. The number of aliphatic hydroxyl groups excluding tert-OH is 1. The molecular weight excluding hydrogens is 258 g/mol. The van der Waals surface area contributed by atoms with Gasteiger partial charge in [-0.05, 0) is 23.8 Å².